The van der Waals surface area contributed by atoms with Crippen LogP contribution in [0.25, 0.3) is 11.1 Å². The monoisotopic (exact) mass is 364 g/mol. The molecule has 1 unspecified atom stereocenters. The summed E-state index contributed by atoms with van der Waals surface area (Å²) in [5.41, 5.74) is 3.59. The van der Waals surface area contributed by atoms with Gasteiger partial charge in [0.25, 0.3) is 0 Å². The molecule has 1 heteroatoms. The third-order valence-electron chi connectivity index (χ3n) is 6.23. The standard InChI is InChI=1S/C26H36O/c1-2-3-6-12-23(21-26(27)17-9-5-10-18-26)19-22-13-11-16-25(20-22)24-14-7-4-8-15-24/h4,7-8,11,13-16,20,23,27H,2-3,5-6,9-10,12,17-19,21H2,1H3. The first-order valence-corrected chi connectivity index (χ1v) is 11.1. The van der Waals surface area contributed by atoms with E-state index < -0.39 is 5.60 Å². The van der Waals surface area contributed by atoms with Gasteiger partial charge in [0.05, 0.1) is 5.60 Å². The van der Waals surface area contributed by atoms with Crippen LogP contribution < -0.4 is 0 Å². The van der Waals surface area contributed by atoms with E-state index in [0.717, 1.165) is 25.7 Å². The second-order valence-electron chi connectivity index (χ2n) is 8.62. The lowest BCUT2D eigenvalue weighted by Crippen LogP contribution is -2.34. The summed E-state index contributed by atoms with van der Waals surface area (Å²) < 4.78 is 0. The van der Waals surface area contributed by atoms with E-state index in [1.165, 1.54) is 61.6 Å². The van der Waals surface area contributed by atoms with Crippen molar-refractivity contribution in [2.24, 2.45) is 5.92 Å². The molecule has 0 aromatic heterocycles. The van der Waals surface area contributed by atoms with Gasteiger partial charge in [0, 0.05) is 0 Å². The summed E-state index contributed by atoms with van der Waals surface area (Å²) in [6, 6.07) is 19.7. The van der Waals surface area contributed by atoms with Crippen molar-refractivity contribution in [2.45, 2.75) is 83.2 Å². The van der Waals surface area contributed by atoms with Gasteiger partial charge in [0.1, 0.15) is 0 Å². The Bertz CT molecular complexity index is 670. The summed E-state index contributed by atoms with van der Waals surface area (Å²) in [4.78, 5) is 0. The normalized spacial score (nSPS) is 17.6. The Kier molecular flexibility index (Phi) is 7.52. The minimum Gasteiger partial charge on any atom is -0.390 e. The van der Waals surface area contributed by atoms with E-state index in [0.29, 0.717) is 5.92 Å². The Balaban J connectivity index is 1.71. The van der Waals surface area contributed by atoms with Crippen molar-refractivity contribution < 1.29 is 5.11 Å². The minimum absolute atomic E-state index is 0.411. The molecular formula is C26H36O. The smallest absolute Gasteiger partial charge is 0.0650 e. The third-order valence-corrected chi connectivity index (χ3v) is 6.23. The van der Waals surface area contributed by atoms with Crippen LogP contribution in [0, 0.1) is 5.92 Å². The van der Waals surface area contributed by atoms with Crippen molar-refractivity contribution in [3.63, 3.8) is 0 Å². The van der Waals surface area contributed by atoms with Gasteiger partial charge in [-0.2, -0.15) is 0 Å². The molecule has 0 heterocycles. The zero-order valence-corrected chi connectivity index (χ0v) is 17.0. The molecule has 1 fully saturated rings. The van der Waals surface area contributed by atoms with Crippen LogP contribution in [-0.2, 0) is 6.42 Å². The topological polar surface area (TPSA) is 20.2 Å². The molecule has 0 bridgehead atoms. The fourth-order valence-corrected chi connectivity index (χ4v) is 4.75. The maximum Gasteiger partial charge on any atom is 0.0650 e. The van der Waals surface area contributed by atoms with Crippen LogP contribution in [0.2, 0.25) is 0 Å². The summed E-state index contributed by atoms with van der Waals surface area (Å²) >= 11 is 0. The van der Waals surface area contributed by atoms with Gasteiger partial charge < -0.3 is 5.11 Å². The maximum absolute atomic E-state index is 11.1. The minimum atomic E-state index is -0.411. The van der Waals surface area contributed by atoms with Gasteiger partial charge in [0.2, 0.25) is 0 Å². The summed E-state index contributed by atoms with van der Waals surface area (Å²) in [5, 5.41) is 11.1. The summed E-state index contributed by atoms with van der Waals surface area (Å²) in [5.74, 6) is 0.589. The molecule has 1 nitrogen and oxygen atoms in total. The second kappa shape index (κ2) is 10.1. The summed E-state index contributed by atoms with van der Waals surface area (Å²) in [6.45, 7) is 2.27. The fourth-order valence-electron chi connectivity index (χ4n) is 4.75. The molecule has 0 spiro atoms. The van der Waals surface area contributed by atoms with Crippen molar-refractivity contribution >= 4 is 0 Å². The van der Waals surface area contributed by atoms with Crippen molar-refractivity contribution in [1.82, 2.24) is 0 Å². The van der Waals surface area contributed by atoms with Crippen molar-refractivity contribution in [1.29, 1.82) is 0 Å². The molecule has 1 aliphatic rings. The molecule has 1 saturated carbocycles. The van der Waals surface area contributed by atoms with Crippen molar-refractivity contribution in [2.75, 3.05) is 0 Å². The Morgan fingerprint density at radius 1 is 0.889 bits per heavy atom. The molecule has 0 amide bonds. The van der Waals surface area contributed by atoms with E-state index in [9.17, 15) is 5.11 Å². The highest BCUT2D eigenvalue weighted by Gasteiger charge is 2.31. The fraction of sp³-hybridized carbons (Fsp3) is 0.538. The van der Waals surface area contributed by atoms with Crippen LogP contribution in [0.4, 0.5) is 0 Å². The Hall–Kier alpha value is -1.60. The van der Waals surface area contributed by atoms with Crippen LogP contribution in [0.3, 0.4) is 0 Å². The van der Waals surface area contributed by atoms with Crippen molar-refractivity contribution in [3.8, 4) is 11.1 Å². The van der Waals surface area contributed by atoms with Crippen LogP contribution in [0.5, 0.6) is 0 Å². The van der Waals surface area contributed by atoms with E-state index in [1.807, 2.05) is 0 Å². The van der Waals surface area contributed by atoms with Gasteiger partial charge in [-0.1, -0.05) is 106 Å². The highest BCUT2D eigenvalue weighted by molar-refractivity contribution is 5.63. The second-order valence-corrected chi connectivity index (χ2v) is 8.62. The first-order chi connectivity index (χ1) is 13.2. The van der Waals surface area contributed by atoms with E-state index in [2.05, 4.69) is 61.5 Å². The molecule has 146 valence electrons. The maximum atomic E-state index is 11.1. The highest BCUT2D eigenvalue weighted by Crippen LogP contribution is 2.36. The largest absolute Gasteiger partial charge is 0.390 e. The van der Waals surface area contributed by atoms with Gasteiger partial charge >= 0.3 is 0 Å². The predicted octanol–water partition coefficient (Wildman–Crippen LogP) is 7.18. The molecule has 0 radical (unpaired) electrons. The molecule has 0 saturated heterocycles. The molecule has 2 aromatic rings. The molecular weight excluding hydrogens is 328 g/mol. The third kappa shape index (κ3) is 6.21. The lowest BCUT2D eigenvalue weighted by molar-refractivity contribution is -0.0188. The SMILES string of the molecule is CCCCCC(Cc1cccc(-c2ccccc2)c1)CC1(O)CCCCC1. The molecule has 1 N–H and O–H groups in total. The van der Waals surface area contributed by atoms with Gasteiger partial charge in [-0.25, -0.2) is 0 Å². The lowest BCUT2D eigenvalue weighted by atomic mass is 9.76. The van der Waals surface area contributed by atoms with E-state index in [-0.39, 0.29) is 0 Å². The average Bonchev–Trinajstić information content (AvgIpc) is 2.69. The van der Waals surface area contributed by atoms with E-state index in [4.69, 9.17) is 0 Å². The molecule has 1 atom stereocenters. The van der Waals surface area contributed by atoms with Gasteiger partial charge in [-0.05, 0) is 48.3 Å². The lowest BCUT2D eigenvalue weighted by Gasteiger charge is -2.35. The molecule has 0 aliphatic heterocycles. The van der Waals surface area contributed by atoms with Crippen LogP contribution in [0.1, 0.15) is 76.7 Å². The van der Waals surface area contributed by atoms with Gasteiger partial charge in [-0.15, -0.1) is 0 Å². The number of rotatable bonds is 9. The number of hydrogen-bond donors (Lipinski definition) is 1. The van der Waals surface area contributed by atoms with Crippen molar-refractivity contribution in [3.05, 3.63) is 60.2 Å². The number of unbranched alkanes of at least 4 members (excludes halogenated alkanes) is 2. The highest BCUT2D eigenvalue weighted by atomic mass is 16.3. The Morgan fingerprint density at radius 3 is 2.37 bits per heavy atom. The molecule has 1 aliphatic carbocycles. The Morgan fingerprint density at radius 2 is 1.63 bits per heavy atom. The molecule has 2 aromatic carbocycles. The number of hydrogen-bond acceptors (Lipinski definition) is 1. The van der Waals surface area contributed by atoms with Crippen LogP contribution in [-0.4, -0.2) is 10.7 Å². The first kappa shape index (κ1) is 20.1. The zero-order chi connectivity index (χ0) is 19.0. The average molecular weight is 365 g/mol. The van der Waals surface area contributed by atoms with E-state index >= 15 is 0 Å². The molecule has 3 rings (SSSR count). The Labute approximate surface area is 165 Å². The summed E-state index contributed by atoms with van der Waals surface area (Å²) in [6.07, 6.45) is 12.9. The molecule has 27 heavy (non-hydrogen) atoms. The van der Waals surface area contributed by atoms with Crippen LogP contribution >= 0.6 is 0 Å². The predicted molar refractivity (Wildman–Crippen MR) is 116 cm³/mol. The van der Waals surface area contributed by atoms with Gasteiger partial charge in [-0.3, -0.25) is 0 Å². The zero-order valence-electron chi connectivity index (χ0n) is 17.0. The quantitative estimate of drug-likeness (QED) is 0.467. The van der Waals surface area contributed by atoms with E-state index in [1.54, 1.807) is 0 Å². The van der Waals surface area contributed by atoms with Crippen LogP contribution in [0.15, 0.2) is 54.6 Å². The van der Waals surface area contributed by atoms with Gasteiger partial charge in [0.15, 0.2) is 0 Å². The first-order valence-electron chi connectivity index (χ1n) is 11.1. The summed E-state index contributed by atoms with van der Waals surface area (Å²) in [7, 11) is 0. The number of benzene rings is 2. The number of aliphatic hydroxyl groups is 1.